The van der Waals surface area contributed by atoms with Crippen molar-refractivity contribution in [3.05, 3.63) is 46.5 Å². The van der Waals surface area contributed by atoms with Gasteiger partial charge in [0.25, 0.3) is 5.69 Å². The van der Waals surface area contributed by atoms with Crippen molar-refractivity contribution in [3.63, 3.8) is 0 Å². The molecule has 1 saturated heterocycles. The Balaban J connectivity index is 1.64. The second kappa shape index (κ2) is 8.81. The number of nitro benzene ring substituents is 1. The van der Waals surface area contributed by atoms with Crippen LogP contribution in [0.1, 0.15) is 18.3 Å². The largest absolute Gasteiger partial charge is 0.495 e. The molecule has 1 aromatic carbocycles. The first-order valence-corrected chi connectivity index (χ1v) is 9.04. The summed E-state index contributed by atoms with van der Waals surface area (Å²) in [6.45, 7) is 2.99. The number of non-ortho nitro benzene ring substituents is 1. The number of ether oxygens (including phenoxy) is 1. The summed E-state index contributed by atoms with van der Waals surface area (Å²) in [7, 11) is 3.41. The van der Waals surface area contributed by atoms with E-state index in [0.29, 0.717) is 18.0 Å². The van der Waals surface area contributed by atoms with Gasteiger partial charge in [0.2, 0.25) is 5.91 Å². The van der Waals surface area contributed by atoms with Crippen LogP contribution >= 0.6 is 0 Å². The van der Waals surface area contributed by atoms with Crippen LogP contribution in [0.25, 0.3) is 0 Å². The number of hydrogen-bond donors (Lipinski definition) is 2. The number of methoxy groups -OCH3 is 1. The number of nitro groups is 1. The zero-order chi connectivity index (χ0) is 20.1. The van der Waals surface area contributed by atoms with Crippen LogP contribution in [-0.2, 0) is 11.8 Å². The van der Waals surface area contributed by atoms with Gasteiger partial charge in [0.15, 0.2) is 0 Å². The number of aryl methyl sites for hydroxylation is 1. The molecule has 3 rings (SSSR count). The summed E-state index contributed by atoms with van der Waals surface area (Å²) in [4.78, 5) is 29.6. The first-order chi connectivity index (χ1) is 13.5. The lowest BCUT2D eigenvalue weighted by molar-refractivity contribution is -0.384. The molecule has 2 aromatic rings. The van der Waals surface area contributed by atoms with Gasteiger partial charge < -0.3 is 19.9 Å². The average Bonchev–Trinajstić information content (AvgIpc) is 3.12. The number of aromatic nitrogens is 2. The zero-order valence-electron chi connectivity index (χ0n) is 15.9. The maximum Gasteiger partial charge on any atom is 0.271 e. The van der Waals surface area contributed by atoms with E-state index in [1.165, 1.54) is 25.3 Å². The fraction of sp³-hybridized carbons (Fsp3) is 0.444. The molecule has 0 saturated carbocycles. The van der Waals surface area contributed by atoms with Gasteiger partial charge in [0, 0.05) is 64.2 Å². The quantitative estimate of drug-likeness (QED) is 0.543. The summed E-state index contributed by atoms with van der Waals surface area (Å²) in [6.07, 6.45) is 3.93. The number of anilines is 1. The molecule has 1 aliphatic rings. The molecule has 2 N–H and O–H groups in total. The summed E-state index contributed by atoms with van der Waals surface area (Å²) in [5.41, 5.74) is 0.190. The van der Waals surface area contributed by atoms with Crippen molar-refractivity contribution in [3.8, 4) is 5.75 Å². The van der Waals surface area contributed by atoms with E-state index in [2.05, 4.69) is 20.5 Å². The Bertz CT molecular complexity index is 852. The van der Waals surface area contributed by atoms with Crippen molar-refractivity contribution in [2.75, 3.05) is 38.6 Å². The van der Waals surface area contributed by atoms with Crippen molar-refractivity contribution < 1.29 is 14.5 Å². The van der Waals surface area contributed by atoms with Crippen LogP contribution in [-0.4, -0.2) is 58.6 Å². The van der Waals surface area contributed by atoms with Crippen molar-refractivity contribution in [2.45, 2.75) is 12.5 Å². The Labute approximate surface area is 162 Å². The van der Waals surface area contributed by atoms with Gasteiger partial charge in [0.05, 0.1) is 23.8 Å². The van der Waals surface area contributed by atoms with Crippen LogP contribution in [0.2, 0.25) is 0 Å². The third-order valence-corrected chi connectivity index (χ3v) is 4.80. The van der Waals surface area contributed by atoms with E-state index in [1.807, 2.05) is 17.8 Å². The minimum Gasteiger partial charge on any atom is -0.495 e. The molecule has 2 heterocycles. The van der Waals surface area contributed by atoms with E-state index in [-0.39, 0.29) is 24.1 Å². The number of carbonyl (C=O) groups is 1. The SMILES string of the molecule is COc1ccc([N+](=O)[O-])cc1NC(=O)CCN1CCNCC1c1nccn1C. The molecule has 1 aliphatic heterocycles. The number of amides is 1. The number of benzene rings is 1. The molecule has 1 atom stereocenters. The highest BCUT2D eigenvalue weighted by Crippen LogP contribution is 2.29. The molecule has 1 fully saturated rings. The molecule has 0 aliphatic carbocycles. The number of hydrogen-bond acceptors (Lipinski definition) is 7. The highest BCUT2D eigenvalue weighted by molar-refractivity contribution is 5.92. The van der Waals surface area contributed by atoms with Crippen LogP contribution < -0.4 is 15.4 Å². The third-order valence-electron chi connectivity index (χ3n) is 4.80. The van der Waals surface area contributed by atoms with Crippen LogP contribution in [0.15, 0.2) is 30.6 Å². The van der Waals surface area contributed by atoms with Crippen LogP contribution in [0, 0.1) is 10.1 Å². The molecule has 10 heteroatoms. The van der Waals surface area contributed by atoms with E-state index in [0.717, 1.165) is 25.5 Å². The van der Waals surface area contributed by atoms with E-state index in [9.17, 15) is 14.9 Å². The number of rotatable bonds is 7. The van der Waals surface area contributed by atoms with Crippen molar-refractivity contribution >= 4 is 17.3 Å². The number of piperazine rings is 1. The topological polar surface area (TPSA) is 115 Å². The Kier molecular flexibility index (Phi) is 6.22. The second-order valence-electron chi connectivity index (χ2n) is 6.59. The summed E-state index contributed by atoms with van der Waals surface area (Å²) >= 11 is 0. The maximum atomic E-state index is 12.5. The average molecular weight is 388 g/mol. The number of nitrogens with one attached hydrogen (secondary N) is 2. The van der Waals surface area contributed by atoms with Gasteiger partial charge in [-0.1, -0.05) is 0 Å². The van der Waals surface area contributed by atoms with Gasteiger partial charge in [-0.15, -0.1) is 0 Å². The molecule has 0 spiro atoms. The fourth-order valence-corrected chi connectivity index (χ4v) is 3.33. The molecule has 0 radical (unpaired) electrons. The Hall–Kier alpha value is -2.98. The molecule has 150 valence electrons. The minimum atomic E-state index is -0.507. The predicted molar refractivity (Wildman–Crippen MR) is 103 cm³/mol. The number of imidazole rings is 1. The smallest absolute Gasteiger partial charge is 0.271 e. The standard InChI is InChI=1S/C18H24N6O4/c1-22-9-7-20-18(22)15-12-19-6-10-23(15)8-5-17(25)21-14-11-13(24(26)27)3-4-16(14)28-2/h3-4,7,9,11,15,19H,5-6,8,10,12H2,1-2H3,(H,21,25). The van der Waals surface area contributed by atoms with Crippen molar-refractivity contribution in [1.82, 2.24) is 19.8 Å². The number of nitrogens with zero attached hydrogens (tertiary/aromatic N) is 4. The third kappa shape index (κ3) is 4.46. The first kappa shape index (κ1) is 19.8. The highest BCUT2D eigenvalue weighted by atomic mass is 16.6. The van der Waals surface area contributed by atoms with Crippen molar-refractivity contribution in [1.29, 1.82) is 0 Å². The van der Waals surface area contributed by atoms with Crippen LogP contribution in [0.3, 0.4) is 0 Å². The molecule has 1 aromatic heterocycles. The van der Waals surface area contributed by atoms with E-state index >= 15 is 0 Å². The first-order valence-electron chi connectivity index (χ1n) is 9.04. The molecule has 28 heavy (non-hydrogen) atoms. The highest BCUT2D eigenvalue weighted by Gasteiger charge is 2.27. The van der Waals surface area contributed by atoms with E-state index < -0.39 is 4.92 Å². The predicted octanol–water partition coefficient (Wildman–Crippen LogP) is 1.31. The molecule has 1 amide bonds. The maximum absolute atomic E-state index is 12.5. The van der Waals surface area contributed by atoms with Gasteiger partial charge in [-0.25, -0.2) is 4.98 Å². The van der Waals surface area contributed by atoms with Crippen LogP contribution in [0.5, 0.6) is 5.75 Å². The lowest BCUT2D eigenvalue weighted by atomic mass is 10.1. The van der Waals surface area contributed by atoms with Gasteiger partial charge in [-0.3, -0.25) is 19.8 Å². The Morgan fingerprint density at radius 1 is 1.50 bits per heavy atom. The Morgan fingerprint density at radius 2 is 2.32 bits per heavy atom. The summed E-state index contributed by atoms with van der Waals surface area (Å²) in [5.74, 6) is 1.11. The van der Waals surface area contributed by atoms with Crippen molar-refractivity contribution in [2.24, 2.45) is 7.05 Å². The molecule has 0 bridgehead atoms. The van der Waals surface area contributed by atoms with Crippen LogP contribution in [0.4, 0.5) is 11.4 Å². The lowest BCUT2D eigenvalue weighted by Crippen LogP contribution is -2.47. The molecule has 1 unspecified atom stereocenters. The monoisotopic (exact) mass is 388 g/mol. The van der Waals surface area contributed by atoms with E-state index in [1.54, 1.807) is 6.20 Å². The summed E-state index contributed by atoms with van der Waals surface area (Å²) < 4.78 is 7.17. The van der Waals surface area contributed by atoms with Gasteiger partial charge in [-0.2, -0.15) is 0 Å². The summed E-state index contributed by atoms with van der Waals surface area (Å²) in [5, 5.41) is 17.1. The molecular weight excluding hydrogens is 364 g/mol. The lowest BCUT2D eigenvalue weighted by Gasteiger charge is -2.35. The van der Waals surface area contributed by atoms with Gasteiger partial charge in [0.1, 0.15) is 11.6 Å². The minimum absolute atomic E-state index is 0.0916. The Morgan fingerprint density at radius 3 is 3.00 bits per heavy atom. The zero-order valence-corrected chi connectivity index (χ0v) is 15.9. The van der Waals surface area contributed by atoms with Gasteiger partial charge >= 0.3 is 0 Å². The normalized spacial score (nSPS) is 17.3. The number of carbonyl (C=O) groups excluding carboxylic acids is 1. The second-order valence-corrected chi connectivity index (χ2v) is 6.59. The molecular formula is C18H24N6O4. The molecule has 10 nitrogen and oxygen atoms in total. The van der Waals surface area contributed by atoms with Gasteiger partial charge in [-0.05, 0) is 6.07 Å². The van der Waals surface area contributed by atoms with E-state index in [4.69, 9.17) is 4.74 Å². The summed E-state index contributed by atoms with van der Waals surface area (Å²) in [6, 6.07) is 4.21. The fourth-order valence-electron chi connectivity index (χ4n) is 3.33.